The molecule has 3 aromatic carbocycles. The van der Waals surface area contributed by atoms with Crippen LogP contribution in [0.1, 0.15) is 35.1 Å². The monoisotopic (exact) mass is 521 g/mol. The second kappa shape index (κ2) is 10.7. The van der Waals surface area contributed by atoms with Crippen molar-refractivity contribution in [3.05, 3.63) is 82.9 Å². The number of carboxylic acid groups (broad SMARTS) is 1. The smallest absolute Gasteiger partial charge is 0.322 e. The summed E-state index contributed by atoms with van der Waals surface area (Å²) in [5.41, 5.74) is 5.19. The third kappa shape index (κ3) is 6.75. The number of urea groups is 1. The molecule has 0 heterocycles. The molecule has 4 rings (SSSR count). The first kappa shape index (κ1) is 26.4. The number of aryl methyl sites for hydroxylation is 3. The van der Waals surface area contributed by atoms with Gasteiger partial charge in [0, 0.05) is 11.7 Å². The van der Waals surface area contributed by atoms with Gasteiger partial charge in [-0.25, -0.2) is 13.2 Å². The fourth-order valence-corrected chi connectivity index (χ4v) is 6.08. The first-order valence-electron chi connectivity index (χ1n) is 12.1. The van der Waals surface area contributed by atoms with Gasteiger partial charge in [-0.2, -0.15) is 4.72 Å². The summed E-state index contributed by atoms with van der Waals surface area (Å²) >= 11 is 0. The predicted molar refractivity (Wildman–Crippen MR) is 143 cm³/mol. The van der Waals surface area contributed by atoms with Gasteiger partial charge < -0.3 is 15.7 Å². The summed E-state index contributed by atoms with van der Waals surface area (Å²) < 4.78 is 28.6. The lowest BCUT2D eigenvalue weighted by molar-refractivity contribution is -0.138. The van der Waals surface area contributed by atoms with E-state index in [0.717, 1.165) is 29.5 Å². The van der Waals surface area contributed by atoms with E-state index in [2.05, 4.69) is 15.4 Å². The Morgan fingerprint density at radius 3 is 2.19 bits per heavy atom. The van der Waals surface area contributed by atoms with Gasteiger partial charge in [0.15, 0.2) is 0 Å². The van der Waals surface area contributed by atoms with E-state index in [1.54, 1.807) is 38.1 Å². The predicted octanol–water partition coefficient (Wildman–Crippen LogP) is 4.54. The highest BCUT2D eigenvalue weighted by atomic mass is 32.2. The summed E-state index contributed by atoms with van der Waals surface area (Å²) in [5, 5.41) is 15.5. The Kier molecular flexibility index (Phi) is 7.65. The molecule has 9 heteroatoms. The Labute approximate surface area is 217 Å². The number of rotatable bonds is 9. The minimum atomic E-state index is -4.04. The van der Waals surface area contributed by atoms with Gasteiger partial charge in [-0.1, -0.05) is 54.1 Å². The summed E-state index contributed by atoms with van der Waals surface area (Å²) in [6, 6.07) is 16.9. The first-order chi connectivity index (χ1) is 17.5. The maximum absolute atomic E-state index is 13.1. The van der Waals surface area contributed by atoms with E-state index in [0.29, 0.717) is 22.4 Å². The van der Waals surface area contributed by atoms with Crippen molar-refractivity contribution in [1.82, 2.24) is 10.0 Å². The Hall–Kier alpha value is -3.69. The number of sulfonamides is 1. The van der Waals surface area contributed by atoms with Gasteiger partial charge in [0.2, 0.25) is 10.0 Å². The molecular weight excluding hydrogens is 490 g/mol. The molecule has 0 aliphatic heterocycles. The van der Waals surface area contributed by atoms with E-state index >= 15 is 0 Å². The Balaban J connectivity index is 1.47. The quantitative estimate of drug-likeness (QED) is 0.329. The van der Waals surface area contributed by atoms with Crippen LogP contribution < -0.4 is 15.4 Å². The molecular formula is C28H31N3O5S. The number of aliphatic carboxylic acids is 1. The van der Waals surface area contributed by atoms with Crippen molar-refractivity contribution in [2.24, 2.45) is 0 Å². The third-order valence-corrected chi connectivity index (χ3v) is 8.01. The Morgan fingerprint density at radius 2 is 1.59 bits per heavy atom. The van der Waals surface area contributed by atoms with Gasteiger partial charge in [-0.3, -0.25) is 4.79 Å². The standard InChI is InChI=1S/C28H31N3O5S/c1-17-13-18(2)26(19(3)14-17)37(35,36)31-25(27(32)33)15-20-7-9-21(10-8-20)22-5-4-6-24(16-22)30-28(34)29-23-11-12-23/h4-10,13-14,16,23,25,31H,11-12,15H2,1-3H3,(H,32,33)(H2,29,30,34). The molecule has 0 spiro atoms. The summed E-state index contributed by atoms with van der Waals surface area (Å²) in [6.45, 7) is 5.28. The van der Waals surface area contributed by atoms with Crippen LogP contribution in [0.4, 0.5) is 10.5 Å². The number of benzene rings is 3. The molecule has 194 valence electrons. The van der Waals surface area contributed by atoms with E-state index in [1.807, 2.05) is 43.3 Å². The van der Waals surface area contributed by atoms with Crippen LogP contribution in [0, 0.1) is 20.8 Å². The lowest BCUT2D eigenvalue weighted by Gasteiger charge is -2.18. The molecule has 0 aromatic heterocycles. The molecule has 1 aliphatic carbocycles. The van der Waals surface area contributed by atoms with Crippen LogP contribution in [-0.2, 0) is 21.2 Å². The zero-order chi connectivity index (χ0) is 26.7. The molecule has 4 N–H and O–H groups in total. The number of amides is 2. The minimum Gasteiger partial charge on any atom is -0.480 e. The van der Waals surface area contributed by atoms with Crippen molar-refractivity contribution in [2.45, 2.75) is 57.0 Å². The van der Waals surface area contributed by atoms with Crippen LogP contribution in [0.2, 0.25) is 0 Å². The average molecular weight is 522 g/mol. The summed E-state index contributed by atoms with van der Waals surface area (Å²) in [4.78, 5) is 24.1. The maximum atomic E-state index is 13.1. The highest BCUT2D eigenvalue weighted by Gasteiger charge is 2.28. The molecule has 0 bridgehead atoms. The normalized spacial score (nSPS) is 14.1. The van der Waals surface area contributed by atoms with Crippen LogP contribution in [0.15, 0.2) is 65.6 Å². The number of hydrogen-bond donors (Lipinski definition) is 4. The third-order valence-electron chi connectivity index (χ3n) is 6.23. The Morgan fingerprint density at radius 1 is 0.946 bits per heavy atom. The molecule has 1 unspecified atom stereocenters. The number of hydrogen-bond acceptors (Lipinski definition) is 4. The second-order valence-electron chi connectivity index (χ2n) is 9.59. The van der Waals surface area contributed by atoms with Crippen LogP contribution in [0.3, 0.4) is 0 Å². The van der Waals surface area contributed by atoms with Gasteiger partial charge in [0.1, 0.15) is 6.04 Å². The molecule has 2 amide bonds. The molecule has 1 fully saturated rings. The second-order valence-corrected chi connectivity index (χ2v) is 11.2. The molecule has 1 saturated carbocycles. The van der Waals surface area contributed by atoms with E-state index in [-0.39, 0.29) is 23.4 Å². The van der Waals surface area contributed by atoms with Crippen molar-refractivity contribution in [1.29, 1.82) is 0 Å². The molecule has 0 saturated heterocycles. The van der Waals surface area contributed by atoms with Gasteiger partial charge >= 0.3 is 12.0 Å². The van der Waals surface area contributed by atoms with Crippen molar-refractivity contribution in [3.63, 3.8) is 0 Å². The van der Waals surface area contributed by atoms with E-state index in [9.17, 15) is 23.1 Å². The average Bonchev–Trinajstić information content (AvgIpc) is 3.62. The van der Waals surface area contributed by atoms with E-state index < -0.39 is 22.0 Å². The van der Waals surface area contributed by atoms with Crippen molar-refractivity contribution >= 4 is 27.7 Å². The molecule has 1 aliphatic rings. The number of nitrogens with one attached hydrogen (secondary N) is 3. The van der Waals surface area contributed by atoms with E-state index in [1.165, 1.54) is 0 Å². The number of anilines is 1. The molecule has 8 nitrogen and oxygen atoms in total. The van der Waals surface area contributed by atoms with Gasteiger partial charge in [-0.05, 0) is 80.0 Å². The lowest BCUT2D eigenvalue weighted by atomic mass is 10.0. The molecule has 1 atom stereocenters. The van der Waals surface area contributed by atoms with Gasteiger partial charge in [0.25, 0.3) is 0 Å². The highest BCUT2D eigenvalue weighted by molar-refractivity contribution is 7.89. The number of carboxylic acids is 1. The maximum Gasteiger partial charge on any atom is 0.322 e. The summed E-state index contributed by atoms with van der Waals surface area (Å²) in [6.07, 6.45) is 2.01. The van der Waals surface area contributed by atoms with Crippen LogP contribution in [0.5, 0.6) is 0 Å². The van der Waals surface area contributed by atoms with Crippen molar-refractivity contribution < 1.29 is 23.1 Å². The molecule has 0 radical (unpaired) electrons. The zero-order valence-corrected chi connectivity index (χ0v) is 21.9. The fourth-order valence-electron chi connectivity index (χ4n) is 4.44. The van der Waals surface area contributed by atoms with E-state index in [4.69, 9.17) is 0 Å². The first-order valence-corrected chi connectivity index (χ1v) is 13.6. The van der Waals surface area contributed by atoms with Crippen LogP contribution in [0.25, 0.3) is 11.1 Å². The van der Waals surface area contributed by atoms with Gasteiger partial charge in [-0.15, -0.1) is 0 Å². The molecule has 37 heavy (non-hydrogen) atoms. The summed E-state index contributed by atoms with van der Waals surface area (Å²) in [5.74, 6) is -1.25. The number of carbonyl (C=O) groups excluding carboxylic acids is 1. The molecule has 3 aromatic rings. The van der Waals surface area contributed by atoms with Crippen molar-refractivity contribution in [3.8, 4) is 11.1 Å². The summed E-state index contributed by atoms with van der Waals surface area (Å²) in [7, 11) is -4.04. The Bertz CT molecular complexity index is 1410. The zero-order valence-electron chi connectivity index (χ0n) is 21.0. The fraction of sp³-hybridized carbons (Fsp3) is 0.286. The number of carbonyl (C=O) groups is 2. The SMILES string of the molecule is Cc1cc(C)c(S(=O)(=O)NC(Cc2ccc(-c3cccc(NC(=O)NC4CC4)c3)cc2)C(=O)O)c(C)c1. The highest BCUT2D eigenvalue weighted by Crippen LogP contribution is 2.25. The topological polar surface area (TPSA) is 125 Å². The van der Waals surface area contributed by atoms with Gasteiger partial charge in [0.05, 0.1) is 4.90 Å². The van der Waals surface area contributed by atoms with Crippen LogP contribution in [-0.4, -0.2) is 37.6 Å². The largest absolute Gasteiger partial charge is 0.480 e. The van der Waals surface area contributed by atoms with Crippen LogP contribution >= 0.6 is 0 Å². The lowest BCUT2D eigenvalue weighted by Crippen LogP contribution is -2.42. The minimum absolute atomic E-state index is 0.0122. The van der Waals surface area contributed by atoms with Crippen molar-refractivity contribution in [2.75, 3.05) is 5.32 Å².